The van der Waals surface area contributed by atoms with Crippen molar-refractivity contribution in [1.29, 1.82) is 0 Å². The molecule has 102 valence electrons. The zero-order valence-electron chi connectivity index (χ0n) is 11.0. The second kappa shape index (κ2) is 5.00. The summed E-state index contributed by atoms with van der Waals surface area (Å²) in [6.07, 6.45) is 3.96. The van der Waals surface area contributed by atoms with Gasteiger partial charge in [-0.05, 0) is 32.4 Å². The highest BCUT2D eigenvalue weighted by Crippen LogP contribution is 2.21. The number of hydrogen-bond donors (Lipinski definition) is 2. The third-order valence-corrected chi connectivity index (χ3v) is 3.63. The summed E-state index contributed by atoms with van der Waals surface area (Å²) in [5.41, 5.74) is 0.367. The number of fused-ring (bicyclic) bond motifs is 1. The summed E-state index contributed by atoms with van der Waals surface area (Å²) in [5, 5.41) is 9.63. The quantitative estimate of drug-likeness (QED) is 0.804. The van der Waals surface area contributed by atoms with E-state index in [9.17, 15) is 4.79 Å². The van der Waals surface area contributed by atoms with Crippen LogP contribution in [0.15, 0.2) is 17.2 Å². The van der Waals surface area contributed by atoms with E-state index in [1.165, 1.54) is 23.6 Å². The Morgan fingerprint density at radius 2 is 2.47 bits per heavy atom. The second-order valence-electron chi connectivity index (χ2n) is 5.02. The summed E-state index contributed by atoms with van der Waals surface area (Å²) in [7, 11) is 1.99. The lowest BCUT2D eigenvalue weighted by Gasteiger charge is -2.33. The van der Waals surface area contributed by atoms with Gasteiger partial charge in [0.05, 0.1) is 0 Å². The maximum absolute atomic E-state index is 11.4. The smallest absolute Gasteiger partial charge is 0.348 e. The molecule has 3 rings (SSSR count). The number of hydrogen-bond acceptors (Lipinski definition) is 5. The lowest BCUT2D eigenvalue weighted by Crippen LogP contribution is -2.39. The number of piperidine rings is 1. The first-order valence-corrected chi connectivity index (χ1v) is 6.60. The van der Waals surface area contributed by atoms with Gasteiger partial charge < -0.3 is 10.2 Å². The summed E-state index contributed by atoms with van der Waals surface area (Å²) < 4.78 is 1.42. The zero-order valence-corrected chi connectivity index (χ0v) is 11.0. The van der Waals surface area contributed by atoms with Gasteiger partial charge in [0.25, 0.3) is 0 Å². The third kappa shape index (κ3) is 2.33. The molecule has 0 spiro atoms. The zero-order chi connectivity index (χ0) is 13.2. The van der Waals surface area contributed by atoms with Gasteiger partial charge in [0.15, 0.2) is 5.65 Å². The van der Waals surface area contributed by atoms with Crippen LogP contribution in [0.25, 0.3) is 5.65 Å². The van der Waals surface area contributed by atoms with E-state index in [-0.39, 0.29) is 5.69 Å². The molecule has 1 aliphatic rings. The fourth-order valence-corrected chi connectivity index (χ4v) is 2.70. The van der Waals surface area contributed by atoms with Crippen LogP contribution < -0.4 is 15.9 Å². The molecule has 0 radical (unpaired) electrons. The van der Waals surface area contributed by atoms with Crippen molar-refractivity contribution in [3.05, 3.63) is 22.9 Å². The number of rotatable bonds is 3. The minimum atomic E-state index is -0.249. The average molecular weight is 262 g/mol. The van der Waals surface area contributed by atoms with Gasteiger partial charge in [-0.2, -0.15) is 5.10 Å². The van der Waals surface area contributed by atoms with Crippen LogP contribution in [0, 0.1) is 5.92 Å². The predicted octanol–water partition coefficient (Wildman–Crippen LogP) is -0.147. The van der Waals surface area contributed by atoms with Gasteiger partial charge >= 0.3 is 5.69 Å². The van der Waals surface area contributed by atoms with E-state index in [0.29, 0.717) is 11.6 Å². The Kier molecular flexibility index (Phi) is 3.20. The first-order valence-electron chi connectivity index (χ1n) is 6.60. The largest absolute Gasteiger partial charge is 0.356 e. The van der Waals surface area contributed by atoms with E-state index in [1.54, 1.807) is 0 Å². The van der Waals surface area contributed by atoms with Crippen molar-refractivity contribution in [2.24, 2.45) is 5.92 Å². The molecule has 0 aliphatic carbocycles. The van der Waals surface area contributed by atoms with Gasteiger partial charge in [0, 0.05) is 19.2 Å². The molecule has 7 heteroatoms. The number of aromatic amines is 1. The van der Waals surface area contributed by atoms with E-state index in [4.69, 9.17) is 0 Å². The molecule has 0 bridgehead atoms. The molecule has 3 heterocycles. The monoisotopic (exact) mass is 262 g/mol. The van der Waals surface area contributed by atoms with Crippen molar-refractivity contribution in [2.75, 3.05) is 31.6 Å². The molecular formula is C12H18N6O. The van der Waals surface area contributed by atoms with Crippen LogP contribution in [-0.4, -0.2) is 46.3 Å². The molecule has 2 N–H and O–H groups in total. The summed E-state index contributed by atoms with van der Waals surface area (Å²) in [4.78, 5) is 18.0. The Bertz CT molecular complexity index is 616. The third-order valence-electron chi connectivity index (χ3n) is 3.63. The standard InChI is InChI=1S/C12H18N6O/c1-13-6-9-3-2-4-17(7-9)10-5-11-15-16-12(19)18(11)8-14-10/h5,8-9,13H,2-4,6-7H2,1H3,(H,16,19). The number of H-pyrrole nitrogens is 1. The maximum Gasteiger partial charge on any atom is 0.348 e. The van der Waals surface area contributed by atoms with Crippen molar-refractivity contribution in [3.63, 3.8) is 0 Å². The minimum Gasteiger partial charge on any atom is -0.356 e. The molecule has 1 saturated heterocycles. The molecule has 2 aromatic rings. The van der Waals surface area contributed by atoms with E-state index < -0.39 is 0 Å². The summed E-state index contributed by atoms with van der Waals surface area (Å²) in [6, 6.07) is 1.86. The van der Waals surface area contributed by atoms with Crippen molar-refractivity contribution < 1.29 is 0 Å². The molecular weight excluding hydrogens is 244 g/mol. The maximum atomic E-state index is 11.4. The van der Waals surface area contributed by atoms with Crippen molar-refractivity contribution >= 4 is 11.5 Å². The second-order valence-corrected chi connectivity index (χ2v) is 5.02. The molecule has 19 heavy (non-hydrogen) atoms. The van der Waals surface area contributed by atoms with Crippen molar-refractivity contribution in [3.8, 4) is 0 Å². The average Bonchev–Trinajstić information content (AvgIpc) is 2.81. The van der Waals surface area contributed by atoms with Crippen molar-refractivity contribution in [2.45, 2.75) is 12.8 Å². The van der Waals surface area contributed by atoms with Crippen LogP contribution >= 0.6 is 0 Å². The fourth-order valence-electron chi connectivity index (χ4n) is 2.70. The van der Waals surface area contributed by atoms with Gasteiger partial charge in [-0.1, -0.05) is 0 Å². The van der Waals surface area contributed by atoms with E-state index >= 15 is 0 Å². The lowest BCUT2D eigenvalue weighted by molar-refractivity contribution is 0.401. The van der Waals surface area contributed by atoms with Gasteiger partial charge in [0.1, 0.15) is 12.1 Å². The predicted molar refractivity (Wildman–Crippen MR) is 72.5 cm³/mol. The van der Waals surface area contributed by atoms with Crippen LogP contribution in [0.1, 0.15) is 12.8 Å². The Morgan fingerprint density at radius 3 is 3.32 bits per heavy atom. The first-order chi connectivity index (χ1) is 9.28. The highest BCUT2D eigenvalue weighted by atomic mass is 16.1. The lowest BCUT2D eigenvalue weighted by atomic mass is 9.98. The molecule has 2 aromatic heterocycles. The molecule has 1 aliphatic heterocycles. The molecule has 1 fully saturated rings. The number of anilines is 1. The van der Waals surface area contributed by atoms with Gasteiger partial charge in [-0.3, -0.25) is 0 Å². The number of aromatic nitrogens is 4. The minimum absolute atomic E-state index is 0.249. The Hall–Kier alpha value is -1.89. The normalized spacial score (nSPS) is 20.1. The van der Waals surface area contributed by atoms with Crippen molar-refractivity contribution in [1.82, 2.24) is 24.9 Å². The van der Waals surface area contributed by atoms with Crippen LogP contribution in [0.2, 0.25) is 0 Å². The SMILES string of the molecule is CNCC1CCCN(c2cc3n[nH]c(=O)n3cn2)C1. The Labute approximate surface area is 110 Å². The first kappa shape index (κ1) is 12.2. The summed E-state index contributed by atoms with van der Waals surface area (Å²) in [6.45, 7) is 3.04. The molecule has 0 amide bonds. The molecule has 0 saturated carbocycles. The van der Waals surface area contributed by atoms with Gasteiger partial charge in [-0.25, -0.2) is 19.3 Å². The topological polar surface area (TPSA) is 78.3 Å². The van der Waals surface area contributed by atoms with E-state index in [1.807, 2.05) is 13.1 Å². The number of nitrogens with zero attached hydrogens (tertiary/aromatic N) is 4. The Morgan fingerprint density at radius 1 is 1.58 bits per heavy atom. The van der Waals surface area contributed by atoms with Crippen LogP contribution in [-0.2, 0) is 0 Å². The summed E-state index contributed by atoms with van der Waals surface area (Å²) >= 11 is 0. The number of nitrogens with one attached hydrogen (secondary N) is 2. The van der Waals surface area contributed by atoms with Gasteiger partial charge in [-0.15, -0.1) is 0 Å². The van der Waals surface area contributed by atoms with E-state index in [2.05, 4.69) is 25.4 Å². The fraction of sp³-hybridized carbons (Fsp3) is 0.583. The highest BCUT2D eigenvalue weighted by Gasteiger charge is 2.20. The molecule has 7 nitrogen and oxygen atoms in total. The van der Waals surface area contributed by atoms with Crippen LogP contribution in [0.4, 0.5) is 5.82 Å². The molecule has 0 aromatic carbocycles. The summed E-state index contributed by atoms with van der Waals surface area (Å²) in [5.74, 6) is 1.55. The molecule has 1 atom stereocenters. The van der Waals surface area contributed by atoms with E-state index in [0.717, 1.165) is 25.5 Å². The molecule has 1 unspecified atom stereocenters. The van der Waals surface area contributed by atoms with Crippen LogP contribution in [0.3, 0.4) is 0 Å². The van der Waals surface area contributed by atoms with Crippen LogP contribution in [0.5, 0.6) is 0 Å². The Balaban J connectivity index is 1.84. The highest BCUT2D eigenvalue weighted by molar-refractivity contribution is 5.50. The van der Waals surface area contributed by atoms with Gasteiger partial charge in [0.2, 0.25) is 0 Å².